The number of hydrogen-bond acceptors (Lipinski definition) is 4. The second kappa shape index (κ2) is 6.95. The summed E-state index contributed by atoms with van der Waals surface area (Å²) in [6.07, 6.45) is 0. The Hall–Kier alpha value is -0.430. The summed E-state index contributed by atoms with van der Waals surface area (Å²) in [6.45, 7) is 1.45. The predicted octanol–water partition coefficient (Wildman–Crippen LogP) is 1.10. The van der Waals surface area contributed by atoms with Crippen LogP contribution in [-0.4, -0.2) is 25.7 Å². The molecule has 1 heterocycles. The molecule has 0 radical (unpaired) electrons. The Bertz CT molecular complexity index is 317. The van der Waals surface area contributed by atoms with Crippen LogP contribution in [0.15, 0.2) is 15.9 Å². The largest absolute Gasteiger partial charge is 0.370 e. The number of amides is 1. The quantitative estimate of drug-likeness (QED) is 0.772. The smallest absolute Gasteiger partial charge is 0.246 e. The lowest BCUT2D eigenvalue weighted by atomic mass is 10.4. The highest BCUT2D eigenvalue weighted by Crippen LogP contribution is 2.21. The summed E-state index contributed by atoms with van der Waals surface area (Å²) in [5, 5.41) is 4.73. The van der Waals surface area contributed by atoms with E-state index < -0.39 is 0 Å². The third-order valence-electron chi connectivity index (χ3n) is 1.63. The van der Waals surface area contributed by atoms with Gasteiger partial charge in [-0.2, -0.15) is 0 Å². The molecule has 0 unspecified atom stereocenters. The summed E-state index contributed by atoms with van der Waals surface area (Å²) >= 11 is 4.99. The molecule has 0 saturated carbocycles. The van der Waals surface area contributed by atoms with Gasteiger partial charge in [0.2, 0.25) is 5.91 Å². The second-order valence-electron chi connectivity index (χ2n) is 2.81. The van der Waals surface area contributed by atoms with Crippen LogP contribution in [0.2, 0.25) is 0 Å². The normalized spacial score (nSPS) is 10.3. The van der Waals surface area contributed by atoms with Crippen LogP contribution in [0.1, 0.15) is 4.88 Å². The van der Waals surface area contributed by atoms with E-state index in [0.29, 0.717) is 19.7 Å². The highest BCUT2D eigenvalue weighted by atomic mass is 79.9. The molecule has 1 aromatic rings. The minimum Gasteiger partial charge on any atom is -0.370 e. The van der Waals surface area contributed by atoms with E-state index in [-0.39, 0.29) is 12.5 Å². The van der Waals surface area contributed by atoms with Gasteiger partial charge in [0, 0.05) is 15.9 Å². The molecular formula is C9H13BrN2O2S. The fourth-order valence-electron chi connectivity index (χ4n) is 0.929. The zero-order valence-corrected chi connectivity index (χ0v) is 10.6. The third kappa shape index (κ3) is 4.74. The SMILES string of the molecule is NCCOCC(=O)NCc1sccc1Br. The van der Waals surface area contributed by atoms with E-state index in [1.165, 1.54) is 0 Å². The van der Waals surface area contributed by atoms with Gasteiger partial charge in [-0.3, -0.25) is 4.79 Å². The van der Waals surface area contributed by atoms with Crippen molar-refractivity contribution in [2.75, 3.05) is 19.8 Å². The van der Waals surface area contributed by atoms with Crippen molar-refractivity contribution in [1.82, 2.24) is 5.32 Å². The Morgan fingerprint density at radius 1 is 1.67 bits per heavy atom. The molecule has 0 aromatic carbocycles. The van der Waals surface area contributed by atoms with Gasteiger partial charge < -0.3 is 15.8 Å². The summed E-state index contributed by atoms with van der Waals surface area (Å²) < 4.78 is 6.02. The molecule has 0 spiro atoms. The molecule has 84 valence electrons. The molecule has 1 rings (SSSR count). The molecule has 15 heavy (non-hydrogen) atoms. The molecule has 0 atom stereocenters. The first-order valence-corrected chi connectivity index (χ1v) is 6.17. The van der Waals surface area contributed by atoms with Gasteiger partial charge in [0.25, 0.3) is 0 Å². The number of nitrogens with two attached hydrogens (primary N) is 1. The van der Waals surface area contributed by atoms with Crippen molar-refractivity contribution in [3.63, 3.8) is 0 Å². The van der Waals surface area contributed by atoms with Crippen molar-refractivity contribution in [3.05, 3.63) is 20.8 Å². The summed E-state index contributed by atoms with van der Waals surface area (Å²) in [5.41, 5.74) is 5.22. The Balaban J connectivity index is 2.20. The fourth-order valence-corrected chi connectivity index (χ4v) is 2.36. The third-order valence-corrected chi connectivity index (χ3v) is 3.56. The first-order chi connectivity index (χ1) is 7.24. The average molecular weight is 293 g/mol. The fraction of sp³-hybridized carbons (Fsp3) is 0.444. The van der Waals surface area contributed by atoms with E-state index >= 15 is 0 Å². The van der Waals surface area contributed by atoms with E-state index in [0.717, 1.165) is 9.35 Å². The lowest BCUT2D eigenvalue weighted by Gasteiger charge is -2.04. The van der Waals surface area contributed by atoms with Crippen molar-refractivity contribution >= 4 is 33.2 Å². The van der Waals surface area contributed by atoms with Crippen LogP contribution in [0, 0.1) is 0 Å². The standard InChI is InChI=1S/C9H13BrN2O2S/c10-7-1-4-15-8(7)5-12-9(13)6-14-3-2-11/h1,4H,2-3,5-6,11H2,(H,12,13). The van der Waals surface area contributed by atoms with Crippen LogP contribution in [-0.2, 0) is 16.1 Å². The lowest BCUT2D eigenvalue weighted by Crippen LogP contribution is -2.27. The zero-order valence-electron chi connectivity index (χ0n) is 8.16. The van der Waals surface area contributed by atoms with Gasteiger partial charge in [0.1, 0.15) is 6.61 Å². The van der Waals surface area contributed by atoms with Crippen molar-refractivity contribution in [3.8, 4) is 0 Å². The van der Waals surface area contributed by atoms with E-state index in [1.807, 2.05) is 11.4 Å². The van der Waals surface area contributed by atoms with Crippen LogP contribution in [0.5, 0.6) is 0 Å². The molecule has 3 N–H and O–H groups in total. The molecule has 1 amide bonds. The van der Waals surface area contributed by atoms with E-state index in [1.54, 1.807) is 11.3 Å². The number of hydrogen-bond donors (Lipinski definition) is 2. The highest BCUT2D eigenvalue weighted by molar-refractivity contribution is 9.10. The Kier molecular flexibility index (Phi) is 5.85. The second-order valence-corrected chi connectivity index (χ2v) is 4.66. The van der Waals surface area contributed by atoms with Gasteiger partial charge in [0.15, 0.2) is 0 Å². The number of ether oxygens (including phenoxy) is 1. The van der Waals surface area contributed by atoms with Gasteiger partial charge in [0.05, 0.1) is 13.2 Å². The minimum atomic E-state index is -0.122. The van der Waals surface area contributed by atoms with Gasteiger partial charge in [-0.25, -0.2) is 0 Å². The maximum Gasteiger partial charge on any atom is 0.246 e. The topological polar surface area (TPSA) is 64.3 Å². The number of thiophene rings is 1. The van der Waals surface area contributed by atoms with Gasteiger partial charge in [-0.05, 0) is 27.4 Å². The number of halogens is 1. The van der Waals surface area contributed by atoms with Crippen molar-refractivity contribution < 1.29 is 9.53 Å². The number of carbonyl (C=O) groups is 1. The van der Waals surface area contributed by atoms with Crippen LogP contribution in [0.3, 0.4) is 0 Å². The highest BCUT2D eigenvalue weighted by Gasteiger charge is 2.04. The molecule has 1 aromatic heterocycles. The maximum absolute atomic E-state index is 11.2. The van der Waals surface area contributed by atoms with Crippen LogP contribution in [0.4, 0.5) is 0 Å². The van der Waals surface area contributed by atoms with Crippen molar-refractivity contribution in [1.29, 1.82) is 0 Å². The first-order valence-electron chi connectivity index (χ1n) is 4.50. The molecule has 4 nitrogen and oxygen atoms in total. The molecule has 0 aliphatic rings. The monoisotopic (exact) mass is 292 g/mol. The van der Waals surface area contributed by atoms with E-state index in [9.17, 15) is 4.79 Å². The Morgan fingerprint density at radius 2 is 2.47 bits per heavy atom. The van der Waals surface area contributed by atoms with E-state index in [4.69, 9.17) is 10.5 Å². The minimum absolute atomic E-state index is 0.0696. The van der Waals surface area contributed by atoms with Crippen LogP contribution >= 0.6 is 27.3 Å². The summed E-state index contributed by atoms with van der Waals surface area (Å²) in [6, 6.07) is 1.96. The number of nitrogens with one attached hydrogen (secondary N) is 1. The van der Waals surface area contributed by atoms with E-state index in [2.05, 4.69) is 21.2 Å². The molecule has 0 saturated heterocycles. The van der Waals surface area contributed by atoms with Crippen molar-refractivity contribution in [2.45, 2.75) is 6.54 Å². The maximum atomic E-state index is 11.2. The van der Waals surface area contributed by atoms with Crippen molar-refractivity contribution in [2.24, 2.45) is 5.73 Å². The summed E-state index contributed by atoms with van der Waals surface area (Å²) in [5.74, 6) is -0.122. The van der Waals surface area contributed by atoms with Gasteiger partial charge in [-0.1, -0.05) is 0 Å². The average Bonchev–Trinajstić information content (AvgIpc) is 2.61. The Morgan fingerprint density at radius 3 is 3.07 bits per heavy atom. The molecule has 6 heteroatoms. The zero-order chi connectivity index (χ0) is 11.1. The molecule has 0 bridgehead atoms. The van der Waals surface area contributed by atoms with Gasteiger partial charge in [-0.15, -0.1) is 11.3 Å². The summed E-state index contributed by atoms with van der Waals surface area (Å²) in [4.78, 5) is 12.3. The number of rotatable bonds is 6. The van der Waals surface area contributed by atoms with Crippen LogP contribution < -0.4 is 11.1 Å². The first kappa shape index (κ1) is 12.6. The predicted molar refractivity (Wildman–Crippen MR) is 63.7 cm³/mol. The van der Waals surface area contributed by atoms with Crippen LogP contribution in [0.25, 0.3) is 0 Å². The molecular weight excluding hydrogens is 280 g/mol. The lowest BCUT2D eigenvalue weighted by molar-refractivity contribution is -0.125. The Labute approximate surface area is 101 Å². The number of carbonyl (C=O) groups excluding carboxylic acids is 1. The van der Waals surface area contributed by atoms with Gasteiger partial charge >= 0.3 is 0 Å². The molecule has 0 aliphatic heterocycles. The summed E-state index contributed by atoms with van der Waals surface area (Å²) in [7, 11) is 0. The molecule has 0 fully saturated rings. The molecule has 0 aliphatic carbocycles.